The van der Waals surface area contributed by atoms with Gasteiger partial charge in [-0.3, -0.25) is 9.78 Å². The van der Waals surface area contributed by atoms with Crippen LogP contribution in [0.5, 0.6) is 0 Å². The quantitative estimate of drug-likeness (QED) is 0.472. The Balaban J connectivity index is 2.13. The molecule has 2 rings (SSSR count). The average molecular weight is 350 g/mol. The minimum absolute atomic E-state index is 0.0455. The summed E-state index contributed by atoms with van der Waals surface area (Å²) in [7, 11) is 0. The van der Waals surface area contributed by atoms with E-state index < -0.39 is 0 Å². The lowest BCUT2D eigenvalue weighted by atomic mass is 10.1. The van der Waals surface area contributed by atoms with Gasteiger partial charge in [-0.1, -0.05) is 16.8 Å². The van der Waals surface area contributed by atoms with Gasteiger partial charge in [-0.2, -0.15) is 5.10 Å². The maximum atomic E-state index is 12.5. The van der Waals surface area contributed by atoms with Crippen molar-refractivity contribution in [2.24, 2.45) is 5.16 Å². The molecular formula is C16H20ClN5O2. The van der Waals surface area contributed by atoms with Crippen LogP contribution in [0.4, 0.5) is 5.69 Å². The van der Waals surface area contributed by atoms with Crippen molar-refractivity contribution in [3.8, 4) is 5.69 Å². The fourth-order valence-corrected chi connectivity index (χ4v) is 2.54. The number of anilines is 1. The van der Waals surface area contributed by atoms with Crippen molar-refractivity contribution in [1.82, 2.24) is 14.8 Å². The average Bonchev–Trinajstić information content (AvgIpc) is 2.98. The molecule has 24 heavy (non-hydrogen) atoms. The van der Waals surface area contributed by atoms with Gasteiger partial charge in [-0.15, -0.1) is 0 Å². The molecule has 0 spiro atoms. The summed E-state index contributed by atoms with van der Waals surface area (Å²) in [4.78, 5) is 18.1. The highest BCUT2D eigenvalue weighted by atomic mass is 35.5. The van der Waals surface area contributed by atoms with E-state index in [0.29, 0.717) is 37.2 Å². The Bertz CT molecular complexity index is 715. The van der Waals surface area contributed by atoms with Gasteiger partial charge in [-0.05, 0) is 38.8 Å². The van der Waals surface area contributed by atoms with Crippen molar-refractivity contribution in [3.05, 3.63) is 35.9 Å². The second kappa shape index (κ2) is 8.44. The van der Waals surface area contributed by atoms with E-state index in [1.54, 1.807) is 41.2 Å². The lowest BCUT2D eigenvalue weighted by molar-refractivity contribution is -0.118. The standard InChI is InChI=1S/C16H20ClN5O2/c1-3-21(15(23)8-4-6-12(2)20-24)14-11-22(19-16(14)17)13-7-5-9-18-10-13/h5,7,9-11,24H,3-4,6,8H2,1-2H3/b20-12+. The molecule has 2 heterocycles. The molecule has 0 saturated heterocycles. The number of nitrogens with zero attached hydrogens (tertiary/aromatic N) is 5. The van der Waals surface area contributed by atoms with Crippen molar-refractivity contribution in [2.45, 2.75) is 33.1 Å². The van der Waals surface area contributed by atoms with Crippen LogP contribution in [0.3, 0.4) is 0 Å². The zero-order valence-electron chi connectivity index (χ0n) is 13.7. The number of hydrogen-bond acceptors (Lipinski definition) is 5. The molecule has 0 fully saturated rings. The molecule has 0 saturated carbocycles. The van der Waals surface area contributed by atoms with Crippen LogP contribution < -0.4 is 4.90 Å². The molecule has 2 aromatic heterocycles. The number of carbonyl (C=O) groups is 1. The number of carbonyl (C=O) groups excluding carboxylic acids is 1. The molecule has 1 N–H and O–H groups in total. The molecule has 0 aliphatic heterocycles. The number of pyridine rings is 1. The van der Waals surface area contributed by atoms with Crippen LogP contribution in [-0.4, -0.2) is 38.1 Å². The van der Waals surface area contributed by atoms with Crippen LogP contribution >= 0.6 is 11.6 Å². The first-order chi connectivity index (χ1) is 11.6. The molecule has 0 radical (unpaired) electrons. The molecule has 0 aromatic carbocycles. The van der Waals surface area contributed by atoms with E-state index in [-0.39, 0.29) is 11.1 Å². The number of amides is 1. The van der Waals surface area contributed by atoms with Crippen LogP contribution in [0.1, 0.15) is 33.1 Å². The summed E-state index contributed by atoms with van der Waals surface area (Å²) in [6, 6.07) is 3.66. The van der Waals surface area contributed by atoms with E-state index in [1.807, 2.05) is 13.0 Å². The summed E-state index contributed by atoms with van der Waals surface area (Å²) in [5, 5.41) is 16.3. The Labute approximate surface area is 145 Å². The lowest BCUT2D eigenvalue weighted by Gasteiger charge is -2.19. The largest absolute Gasteiger partial charge is 0.411 e. The summed E-state index contributed by atoms with van der Waals surface area (Å²) >= 11 is 6.22. The SMILES string of the molecule is CCN(C(=O)CCC/C(C)=N/O)c1cn(-c2cccnc2)nc1Cl. The van der Waals surface area contributed by atoms with Crippen LogP contribution in [0.15, 0.2) is 35.9 Å². The van der Waals surface area contributed by atoms with Crippen molar-refractivity contribution >= 4 is 28.9 Å². The summed E-state index contributed by atoms with van der Waals surface area (Å²) in [5.74, 6) is -0.0455. The number of halogens is 1. The smallest absolute Gasteiger partial charge is 0.227 e. The predicted octanol–water partition coefficient (Wildman–Crippen LogP) is 3.29. The van der Waals surface area contributed by atoms with E-state index in [1.165, 1.54) is 0 Å². The molecule has 7 nitrogen and oxygen atoms in total. The fourth-order valence-electron chi connectivity index (χ4n) is 2.31. The van der Waals surface area contributed by atoms with Gasteiger partial charge in [0.1, 0.15) is 5.69 Å². The molecule has 128 valence electrons. The van der Waals surface area contributed by atoms with Crippen molar-refractivity contribution < 1.29 is 10.0 Å². The monoisotopic (exact) mass is 349 g/mol. The maximum absolute atomic E-state index is 12.5. The van der Waals surface area contributed by atoms with Crippen molar-refractivity contribution in [1.29, 1.82) is 0 Å². The van der Waals surface area contributed by atoms with E-state index in [9.17, 15) is 4.79 Å². The molecule has 0 unspecified atom stereocenters. The molecule has 0 aliphatic rings. The summed E-state index contributed by atoms with van der Waals surface area (Å²) < 4.78 is 1.60. The first-order valence-corrected chi connectivity index (χ1v) is 8.08. The molecular weight excluding hydrogens is 330 g/mol. The van der Waals surface area contributed by atoms with Gasteiger partial charge in [0.05, 0.1) is 23.8 Å². The second-order valence-corrected chi connectivity index (χ2v) is 5.65. The summed E-state index contributed by atoms with van der Waals surface area (Å²) in [5.41, 5.74) is 1.94. The van der Waals surface area contributed by atoms with Gasteiger partial charge < -0.3 is 10.1 Å². The van der Waals surface area contributed by atoms with Crippen molar-refractivity contribution in [3.63, 3.8) is 0 Å². The third kappa shape index (κ3) is 4.32. The van der Waals surface area contributed by atoms with Gasteiger partial charge in [0.15, 0.2) is 5.15 Å². The van der Waals surface area contributed by atoms with E-state index in [4.69, 9.17) is 16.8 Å². The Morgan fingerprint density at radius 3 is 2.88 bits per heavy atom. The number of oxime groups is 1. The molecule has 0 aliphatic carbocycles. The highest BCUT2D eigenvalue weighted by Crippen LogP contribution is 2.26. The summed E-state index contributed by atoms with van der Waals surface area (Å²) in [6.07, 6.45) is 6.59. The van der Waals surface area contributed by atoms with Crippen LogP contribution in [0, 0.1) is 0 Å². The highest BCUT2D eigenvalue weighted by Gasteiger charge is 2.20. The number of aromatic nitrogens is 3. The third-order valence-corrected chi connectivity index (χ3v) is 3.84. The highest BCUT2D eigenvalue weighted by molar-refractivity contribution is 6.32. The molecule has 8 heteroatoms. The topological polar surface area (TPSA) is 83.6 Å². The van der Waals surface area contributed by atoms with Gasteiger partial charge in [0.2, 0.25) is 5.91 Å². The number of rotatable bonds is 7. The molecule has 0 bridgehead atoms. The van der Waals surface area contributed by atoms with Gasteiger partial charge >= 0.3 is 0 Å². The first-order valence-electron chi connectivity index (χ1n) is 7.70. The van der Waals surface area contributed by atoms with Crippen LogP contribution in [0.2, 0.25) is 5.15 Å². The maximum Gasteiger partial charge on any atom is 0.227 e. The normalized spacial score (nSPS) is 11.5. The minimum atomic E-state index is -0.0455. The molecule has 0 atom stereocenters. The number of hydrogen-bond donors (Lipinski definition) is 1. The fraction of sp³-hybridized carbons (Fsp3) is 0.375. The van der Waals surface area contributed by atoms with Crippen molar-refractivity contribution in [2.75, 3.05) is 11.4 Å². The van der Waals surface area contributed by atoms with E-state index in [2.05, 4.69) is 15.2 Å². The zero-order valence-corrected chi connectivity index (χ0v) is 14.4. The molecule has 2 aromatic rings. The van der Waals surface area contributed by atoms with Gasteiger partial charge in [-0.25, -0.2) is 4.68 Å². The Kier molecular flexibility index (Phi) is 6.31. The lowest BCUT2D eigenvalue weighted by Crippen LogP contribution is -2.30. The van der Waals surface area contributed by atoms with E-state index in [0.717, 1.165) is 5.69 Å². The van der Waals surface area contributed by atoms with Crippen LogP contribution in [-0.2, 0) is 4.79 Å². The Morgan fingerprint density at radius 2 is 2.25 bits per heavy atom. The van der Waals surface area contributed by atoms with Gasteiger partial charge in [0.25, 0.3) is 0 Å². The Hall–Kier alpha value is -2.41. The first kappa shape index (κ1) is 17.9. The minimum Gasteiger partial charge on any atom is -0.411 e. The van der Waals surface area contributed by atoms with Crippen LogP contribution in [0.25, 0.3) is 5.69 Å². The van der Waals surface area contributed by atoms with Gasteiger partial charge in [0, 0.05) is 19.2 Å². The second-order valence-electron chi connectivity index (χ2n) is 5.29. The summed E-state index contributed by atoms with van der Waals surface area (Å²) in [6.45, 7) is 4.09. The van der Waals surface area contributed by atoms with E-state index >= 15 is 0 Å². The molecule has 1 amide bonds. The zero-order chi connectivity index (χ0) is 17.5. The predicted molar refractivity (Wildman–Crippen MR) is 93.1 cm³/mol. The third-order valence-electron chi connectivity index (χ3n) is 3.57. The Morgan fingerprint density at radius 1 is 1.46 bits per heavy atom.